The summed E-state index contributed by atoms with van der Waals surface area (Å²) in [5.41, 5.74) is 8.62. The molecule has 0 atom stereocenters. The number of carbonyl (C=O) groups excluding carboxylic acids is 1. The van der Waals surface area contributed by atoms with Gasteiger partial charge in [0.25, 0.3) is 0 Å². The van der Waals surface area contributed by atoms with Gasteiger partial charge in [-0.05, 0) is 25.0 Å². The summed E-state index contributed by atoms with van der Waals surface area (Å²) in [7, 11) is 0. The zero-order chi connectivity index (χ0) is 12.1. The predicted octanol–water partition coefficient (Wildman–Crippen LogP) is 1.25. The van der Waals surface area contributed by atoms with Crippen molar-refractivity contribution in [2.24, 2.45) is 5.73 Å². The highest BCUT2D eigenvalue weighted by molar-refractivity contribution is 7.80. The number of hydrogen-bond donors (Lipinski definition) is 2. The second-order valence-electron chi connectivity index (χ2n) is 3.85. The van der Waals surface area contributed by atoms with Crippen molar-refractivity contribution in [3.05, 3.63) is 34.9 Å². The van der Waals surface area contributed by atoms with Crippen LogP contribution in [-0.4, -0.2) is 17.4 Å². The average Bonchev–Trinajstić information content (AvgIpc) is 2.20. The molecule has 1 amide bonds. The number of carbonyl (C=O) groups is 1. The van der Waals surface area contributed by atoms with Gasteiger partial charge in [-0.25, -0.2) is 0 Å². The maximum Gasteiger partial charge on any atom is 0.224 e. The van der Waals surface area contributed by atoms with Crippen LogP contribution in [-0.2, 0) is 11.2 Å². The fourth-order valence-corrected chi connectivity index (χ4v) is 1.48. The van der Waals surface area contributed by atoms with Crippen LogP contribution < -0.4 is 11.1 Å². The monoisotopic (exact) mass is 236 g/mol. The minimum absolute atomic E-state index is 0.0542. The predicted molar refractivity (Wildman–Crippen MR) is 69.4 cm³/mol. The third kappa shape index (κ3) is 3.98. The van der Waals surface area contributed by atoms with Gasteiger partial charge in [-0.2, -0.15) is 0 Å². The first-order chi connectivity index (χ1) is 7.49. The molecule has 3 nitrogen and oxygen atoms in total. The van der Waals surface area contributed by atoms with Crippen molar-refractivity contribution in [1.29, 1.82) is 0 Å². The van der Waals surface area contributed by atoms with Gasteiger partial charge in [0, 0.05) is 0 Å². The lowest BCUT2D eigenvalue weighted by Crippen LogP contribution is -2.33. The van der Waals surface area contributed by atoms with Crippen LogP contribution in [0.1, 0.15) is 16.7 Å². The molecule has 0 radical (unpaired) electrons. The average molecular weight is 236 g/mol. The smallest absolute Gasteiger partial charge is 0.224 e. The molecule has 0 saturated carbocycles. The summed E-state index contributed by atoms with van der Waals surface area (Å²) < 4.78 is 0. The van der Waals surface area contributed by atoms with Gasteiger partial charge in [-0.1, -0.05) is 36.0 Å². The molecule has 0 spiro atoms. The van der Waals surface area contributed by atoms with Gasteiger partial charge in [0.15, 0.2) is 0 Å². The van der Waals surface area contributed by atoms with E-state index in [9.17, 15) is 4.79 Å². The van der Waals surface area contributed by atoms with Gasteiger partial charge in [-0.15, -0.1) is 0 Å². The summed E-state index contributed by atoms with van der Waals surface area (Å²) in [5.74, 6) is -0.0542. The molecular formula is C12H16N2OS. The normalized spacial score (nSPS) is 9.88. The molecular weight excluding hydrogens is 220 g/mol. The Morgan fingerprint density at radius 1 is 1.44 bits per heavy atom. The number of nitrogens with one attached hydrogen (secondary N) is 1. The Hall–Kier alpha value is -1.42. The molecule has 0 aliphatic heterocycles. The molecule has 3 N–H and O–H groups in total. The van der Waals surface area contributed by atoms with Crippen molar-refractivity contribution in [2.75, 3.05) is 6.54 Å². The van der Waals surface area contributed by atoms with Gasteiger partial charge in [0.2, 0.25) is 5.91 Å². The number of benzene rings is 1. The standard InChI is InChI=1S/C12H16N2OS/c1-8-3-4-9(2)10(5-8)6-12(15)14-7-11(13)16/h3-5H,6-7H2,1-2H3,(H2,13,16)(H,14,15). The van der Waals surface area contributed by atoms with Crippen LogP contribution in [0.4, 0.5) is 0 Å². The first kappa shape index (κ1) is 12.6. The molecule has 86 valence electrons. The fraction of sp³-hybridized carbons (Fsp3) is 0.333. The lowest BCUT2D eigenvalue weighted by atomic mass is 10.0. The zero-order valence-electron chi connectivity index (χ0n) is 9.54. The number of amides is 1. The maximum atomic E-state index is 11.6. The van der Waals surface area contributed by atoms with E-state index in [-0.39, 0.29) is 12.5 Å². The summed E-state index contributed by atoms with van der Waals surface area (Å²) >= 11 is 4.69. The third-order valence-corrected chi connectivity index (χ3v) is 2.46. The van der Waals surface area contributed by atoms with E-state index in [1.54, 1.807) is 0 Å². The molecule has 0 aliphatic rings. The molecule has 1 aromatic rings. The number of rotatable bonds is 4. The second-order valence-corrected chi connectivity index (χ2v) is 4.37. The lowest BCUT2D eigenvalue weighted by Gasteiger charge is -2.07. The molecule has 1 rings (SSSR count). The van der Waals surface area contributed by atoms with E-state index in [0.717, 1.165) is 16.7 Å². The Bertz CT molecular complexity index is 415. The molecule has 16 heavy (non-hydrogen) atoms. The first-order valence-corrected chi connectivity index (χ1v) is 5.51. The van der Waals surface area contributed by atoms with Crippen molar-refractivity contribution in [2.45, 2.75) is 20.3 Å². The van der Waals surface area contributed by atoms with Crippen molar-refractivity contribution in [3.8, 4) is 0 Å². The van der Waals surface area contributed by atoms with Crippen molar-refractivity contribution < 1.29 is 4.79 Å². The Labute approximate surface area is 101 Å². The molecule has 0 unspecified atom stereocenters. The van der Waals surface area contributed by atoms with Gasteiger partial charge >= 0.3 is 0 Å². The molecule has 0 saturated heterocycles. The van der Waals surface area contributed by atoms with Gasteiger partial charge in [0.05, 0.1) is 18.0 Å². The SMILES string of the molecule is Cc1ccc(C)c(CC(=O)NCC(N)=S)c1. The number of aryl methyl sites for hydroxylation is 2. The van der Waals surface area contributed by atoms with Crippen molar-refractivity contribution in [3.63, 3.8) is 0 Å². The molecule has 0 aliphatic carbocycles. The van der Waals surface area contributed by atoms with Gasteiger partial charge < -0.3 is 11.1 Å². The quantitative estimate of drug-likeness (QED) is 0.774. The largest absolute Gasteiger partial charge is 0.392 e. The minimum Gasteiger partial charge on any atom is -0.392 e. The highest BCUT2D eigenvalue weighted by Crippen LogP contribution is 2.11. The molecule has 0 bridgehead atoms. The van der Waals surface area contributed by atoms with E-state index in [2.05, 4.69) is 17.5 Å². The Morgan fingerprint density at radius 2 is 2.12 bits per heavy atom. The van der Waals surface area contributed by atoms with E-state index >= 15 is 0 Å². The van der Waals surface area contributed by atoms with E-state index in [1.165, 1.54) is 0 Å². The molecule has 4 heteroatoms. The zero-order valence-corrected chi connectivity index (χ0v) is 10.4. The van der Waals surface area contributed by atoms with Crippen LogP contribution in [0.25, 0.3) is 0 Å². The van der Waals surface area contributed by atoms with Crippen LogP contribution in [0.5, 0.6) is 0 Å². The summed E-state index contributed by atoms with van der Waals surface area (Å²) in [6.45, 7) is 4.27. The van der Waals surface area contributed by atoms with Crippen molar-refractivity contribution in [1.82, 2.24) is 5.32 Å². The Kier molecular flexibility index (Phi) is 4.43. The minimum atomic E-state index is -0.0542. The number of nitrogens with two attached hydrogens (primary N) is 1. The maximum absolute atomic E-state index is 11.6. The Morgan fingerprint density at radius 3 is 2.75 bits per heavy atom. The Balaban J connectivity index is 2.62. The molecule has 0 aromatic heterocycles. The lowest BCUT2D eigenvalue weighted by molar-refractivity contribution is -0.120. The van der Waals surface area contributed by atoms with E-state index in [0.29, 0.717) is 11.4 Å². The van der Waals surface area contributed by atoms with Crippen LogP contribution in [0.2, 0.25) is 0 Å². The fourth-order valence-electron chi connectivity index (χ4n) is 1.41. The first-order valence-electron chi connectivity index (χ1n) is 5.10. The van der Waals surface area contributed by atoms with Gasteiger partial charge in [0.1, 0.15) is 0 Å². The molecule has 0 fully saturated rings. The van der Waals surface area contributed by atoms with E-state index in [4.69, 9.17) is 5.73 Å². The molecule has 0 heterocycles. The summed E-state index contributed by atoms with van der Waals surface area (Å²) in [4.78, 5) is 11.9. The second kappa shape index (κ2) is 5.61. The van der Waals surface area contributed by atoms with E-state index < -0.39 is 0 Å². The number of hydrogen-bond acceptors (Lipinski definition) is 2. The van der Waals surface area contributed by atoms with Crippen LogP contribution >= 0.6 is 12.2 Å². The third-order valence-electron chi connectivity index (χ3n) is 2.32. The van der Waals surface area contributed by atoms with Crippen LogP contribution in [0.3, 0.4) is 0 Å². The highest BCUT2D eigenvalue weighted by Gasteiger charge is 2.05. The summed E-state index contributed by atoms with van der Waals surface area (Å²) in [6.07, 6.45) is 0.371. The summed E-state index contributed by atoms with van der Waals surface area (Å²) in [5, 5.41) is 2.67. The van der Waals surface area contributed by atoms with Gasteiger partial charge in [-0.3, -0.25) is 4.79 Å². The topological polar surface area (TPSA) is 55.1 Å². The van der Waals surface area contributed by atoms with Crippen LogP contribution in [0, 0.1) is 13.8 Å². The summed E-state index contributed by atoms with van der Waals surface area (Å²) in [6, 6.07) is 6.08. The van der Waals surface area contributed by atoms with Crippen LogP contribution in [0.15, 0.2) is 18.2 Å². The van der Waals surface area contributed by atoms with Crippen molar-refractivity contribution >= 4 is 23.1 Å². The molecule has 1 aromatic carbocycles. The highest BCUT2D eigenvalue weighted by atomic mass is 32.1. The number of thiocarbonyl (C=S) groups is 1. The van der Waals surface area contributed by atoms with E-state index in [1.807, 2.05) is 32.0 Å².